The van der Waals surface area contributed by atoms with Crippen molar-refractivity contribution in [1.82, 2.24) is 9.88 Å². The van der Waals surface area contributed by atoms with Gasteiger partial charge in [0.05, 0.1) is 13.2 Å². The highest BCUT2D eigenvalue weighted by Crippen LogP contribution is 2.27. The molecule has 1 amide bonds. The third-order valence-electron chi connectivity index (χ3n) is 4.80. The second-order valence-electron chi connectivity index (χ2n) is 6.37. The van der Waals surface area contributed by atoms with Gasteiger partial charge in [-0.15, -0.1) is 0 Å². The summed E-state index contributed by atoms with van der Waals surface area (Å²) in [4.78, 5) is 19.2. The largest absolute Gasteiger partial charge is 0.372 e. The number of hydrogen-bond donors (Lipinski definition) is 0. The minimum absolute atomic E-state index is 0.149. The second-order valence-corrected chi connectivity index (χ2v) is 6.37. The first-order valence-corrected chi connectivity index (χ1v) is 8.19. The van der Waals surface area contributed by atoms with Crippen LogP contribution in [-0.4, -0.2) is 28.9 Å². The molecule has 4 rings (SSSR count). The van der Waals surface area contributed by atoms with E-state index < -0.39 is 0 Å². The monoisotopic (exact) mass is 308 g/mol. The number of amides is 1. The molecule has 4 heteroatoms. The fraction of sp³-hybridized carbons (Fsp3) is 0.368. The van der Waals surface area contributed by atoms with Crippen molar-refractivity contribution in [2.75, 3.05) is 13.1 Å². The number of carbonyl (C=O) groups excluding carboxylic acids is 1. The molecule has 23 heavy (non-hydrogen) atoms. The first-order chi connectivity index (χ1) is 11.3. The predicted molar refractivity (Wildman–Crippen MR) is 86.9 cm³/mol. The molecule has 3 heterocycles. The van der Waals surface area contributed by atoms with Crippen molar-refractivity contribution in [1.29, 1.82) is 0 Å². The third kappa shape index (κ3) is 2.86. The number of pyridine rings is 1. The van der Waals surface area contributed by atoms with Crippen LogP contribution in [0.2, 0.25) is 0 Å². The van der Waals surface area contributed by atoms with E-state index >= 15 is 0 Å². The Bertz CT molecular complexity index is 715. The van der Waals surface area contributed by atoms with E-state index in [2.05, 4.69) is 11.1 Å². The van der Waals surface area contributed by atoms with E-state index in [0.717, 1.165) is 48.3 Å². The zero-order valence-electron chi connectivity index (χ0n) is 13.1. The molecule has 0 radical (unpaired) electrons. The molecule has 1 fully saturated rings. The van der Waals surface area contributed by atoms with E-state index in [-0.39, 0.29) is 5.91 Å². The van der Waals surface area contributed by atoms with E-state index in [0.29, 0.717) is 19.1 Å². The highest BCUT2D eigenvalue weighted by Gasteiger charge is 2.29. The van der Waals surface area contributed by atoms with Crippen LogP contribution in [0.3, 0.4) is 0 Å². The minimum Gasteiger partial charge on any atom is -0.372 e. The van der Waals surface area contributed by atoms with Crippen molar-refractivity contribution in [3.8, 4) is 0 Å². The Balaban J connectivity index is 1.46. The van der Waals surface area contributed by atoms with Gasteiger partial charge < -0.3 is 9.64 Å². The van der Waals surface area contributed by atoms with Crippen molar-refractivity contribution in [3.05, 3.63) is 65.0 Å². The summed E-state index contributed by atoms with van der Waals surface area (Å²) in [6.45, 7) is 2.84. The van der Waals surface area contributed by atoms with Crippen LogP contribution in [0.5, 0.6) is 0 Å². The summed E-state index contributed by atoms with van der Waals surface area (Å²) in [5, 5.41) is 0. The van der Waals surface area contributed by atoms with Crippen molar-refractivity contribution in [2.24, 2.45) is 5.92 Å². The quantitative estimate of drug-likeness (QED) is 0.875. The van der Waals surface area contributed by atoms with Crippen molar-refractivity contribution in [2.45, 2.75) is 26.1 Å². The Labute approximate surface area is 136 Å². The van der Waals surface area contributed by atoms with Crippen LogP contribution in [0.4, 0.5) is 0 Å². The second kappa shape index (κ2) is 6.13. The normalized spacial score (nSPS) is 19.8. The molecule has 0 N–H and O–H groups in total. The molecule has 0 spiro atoms. The van der Waals surface area contributed by atoms with E-state index in [1.165, 1.54) is 0 Å². The van der Waals surface area contributed by atoms with Crippen LogP contribution in [0.15, 0.2) is 42.6 Å². The van der Waals surface area contributed by atoms with Gasteiger partial charge in [-0.1, -0.05) is 18.2 Å². The Morgan fingerprint density at radius 1 is 1.22 bits per heavy atom. The number of ether oxygens (including phenoxy) is 1. The molecule has 1 unspecified atom stereocenters. The molecule has 2 aliphatic heterocycles. The van der Waals surface area contributed by atoms with Gasteiger partial charge in [-0.25, -0.2) is 0 Å². The van der Waals surface area contributed by atoms with Gasteiger partial charge in [-0.3, -0.25) is 9.78 Å². The SMILES string of the molecule is O=C(c1cccc2c1COC2)N1CCC(Cc2ccccn2)C1. The summed E-state index contributed by atoms with van der Waals surface area (Å²) >= 11 is 0. The molecule has 1 aromatic heterocycles. The molecule has 1 saturated heterocycles. The van der Waals surface area contributed by atoms with E-state index in [9.17, 15) is 4.79 Å². The summed E-state index contributed by atoms with van der Waals surface area (Å²) in [6, 6.07) is 12.0. The molecule has 1 atom stereocenters. The Morgan fingerprint density at radius 2 is 2.17 bits per heavy atom. The zero-order chi connectivity index (χ0) is 15.6. The molecule has 0 aliphatic carbocycles. The maximum Gasteiger partial charge on any atom is 0.254 e. The lowest BCUT2D eigenvalue weighted by molar-refractivity contribution is 0.0782. The average molecular weight is 308 g/mol. The first-order valence-electron chi connectivity index (χ1n) is 8.19. The maximum atomic E-state index is 12.9. The van der Waals surface area contributed by atoms with Crippen molar-refractivity contribution >= 4 is 5.91 Å². The van der Waals surface area contributed by atoms with Crippen LogP contribution >= 0.6 is 0 Å². The van der Waals surface area contributed by atoms with Crippen molar-refractivity contribution in [3.63, 3.8) is 0 Å². The van der Waals surface area contributed by atoms with Crippen LogP contribution in [-0.2, 0) is 24.4 Å². The lowest BCUT2D eigenvalue weighted by atomic mass is 10.0. The van der Waals surface area contributed by atoms with Gasteiger partial charge in [-0.05, 0) is 48.1 Å². The number of nitrogens with zero attached hydrogens (tertiary/aromatic N) is 2. The standard InChI is InChI=1S/C19H20N2O2/c22-19(17-6-3-4-15-12-23-13-18(15)17)21-9-7-14(11-21)10-16-5-1-2-8-20-16/h1-6,8,14H,7,9-13H2. The average Bonchev–Trinajstić information content (AvgIpc) is 3.24. The molecular weight excluding hydrogens is 288 g/mol. The molecular formula is C19H20N2O2. The number of benzene rings is 1. The van der Waals surface area contributed by atoms with Gasteiger partial charge in [-0.2, -0.15) is 0 Å². The first kappa shape index (κ1) is 14.4. The Hall–Kier alpha value is -2.20. The topological polar surface area (TPSA) is 42.4 Å². The molecule has 2 aliphatic rings. The number of hydrogen-bond acceptors (Lipinski definition) is 3. The van der Waals surface area contributed by atoms with Crippen LogP contribution < -0.4 is 0 Å². The van der Waals surface area contributed by atoms with E-state index in [1.807, 2.05) is 41.4 Å². The molecule has 4 nitrogen and oxygen atoms in total. The van der Waals surface area contributed by atoms with E-state index in [4.69, 9.17) is 4.74 Å². The molecule has 2 aromatic rings. The van der Waals surface area contributed by atoms with Crippen LogP contribution in [0.1, 0.15) is 33.6 Å². The minimum atomic E-state index is 0.149. The molecule has 0 saturated carbocycles. The van der Waals surface area contributed by atoms with Gasteiger partial charge in [0.25, 0.3) is 5.91 Å². The van der Waals surface area contributed by atoms with Gasteiger partial charge in [0.2, 0.25) is 0 Å². The van der Waals surface area contributed by atoms with Crippen LogP contribution in [0, 0.1) is 5.92 Å². The number of carbonyl (C=O) groups is 1. The number of rotatable bonds is 3. The molecule has 0 bridgehead atoms. The third-order valence-corrected chi connectivity index (χ3v) is 4.80. The van der Waals surface area contributed by atoms with Gasteiger partial charge in [0, 0.05) is 30.5 Å². The fourth-order valence-electron chi connectivity index (χ4n) is 3.57. The Kier molecular flexibility index (Phi) is 3.83. The summed E-state index contributed by atoms with van der Waals surface area (Å²) in [5.74, 6) is 0.651. The van der Waals surface area contributed by atoms with E-state index in [1.54, 1.807) is 0 Å². The zero-order valence-corrected chi connectivity index (χ0v) is 13.1. The number of aromatic nitrogens is 1. The summed E-state index contributed by atoms with van der Waals surface area (Å²) in [7, 11) is 0. The molecule has 1 aromatic carbocycles. The lowest BCUT2D eigenvalue weighted by Gasteiger charge is -2.18. The Morgan fingerprint density at radius 3 is 3.04 bits per heavy atom. The van der Waals surface area contributed by atoms with Crippen LogP contribution in [0.25, 0.3) is 0 Å². The summed E-state index contributed by atoms with van der Waals surface area (Å²) in [5.41, 5.74) is 4.16. The highest BCUT2D eigenvalue weighted by atomic mass is 16.5. The fourth-order valence-corrected chi connectivity index (χ4v) is 3.57. The number of fused-ring (bicyclic) bond motifs is 1. The smallest absolute Gasteiger partial charge is 0.254 e. The highest BCUT2D eigenvalue weighted by molar-refractivity contribution is 5.96. The summed E-state index contributed by atoms with van der Waals surface area (Å²) < 4.78 is 5.49. The summed E-state index contributed by atoms with van der Waals surface area (Å²) in [6.07, 6.45) is 3.83. The molecule has 118 valence electrons. The maximum absolute atomic E-state index is 12.9. The van der Waals surface area contributed by atoms with Gasteiger partial charge in [0.15, 0.2) is 0 Å². The van der Waals surface area contributed by atoms with Gasteiger partial charge >= 0.3 is 0 Å². The number of likely N-dealkylation sites (tertiary alicyclic amines) is 1. The van der Waals surface area contributed by atoms with Crippen molar-refractivity contribution < 1.29 is 9.53 Å². The lowest BCUT2D eigenvalue weighted by Crippen LogP contribution is -2.29. The van der Waals surface area contributed by atoms with Gasteiger partial charge in [0.1, 0.15) is 0 Å². The predicted octanol–water partition coefficient (Wildman–Crippen LogP) is 2.82.